The molecule has 0 amide bonds. The zero-order chi connectivity index (χ0) is 42.3. The summed E-state index contributed by atoms with van der Waals surface area (Å²) in [6.07, 6.45) is 0.560. The standard InChI is InChI=1S/C38H70O9Si8/c1-33(2)37(39)41-29-48(5,6)43-50(9,10)31-52(13,14)45-54(17,18)47-55(35-25-21-19-22-26-35,36-27-23-20-24-28-36)46-53(15,16)32-51(11,12)44-49(7,8)30-42-38(40)34(3)4/h19-28H,1,3,29-32H2,2,4-18H3. The fourth-order valence-electron chi connectivity index (χ4n) is 7.63. The number of benzene rings is 2. The van der Waals surface area contributed by atoms with Crippen molar-refractivity contribution in [1.82, 2.24) is 0 Å². The predicted octanol–water partition coefficient (Wildman–Crippen LogP) is 8.65. The van der Waals surface area contributed by atoms with Gasteiger partial charge in [0.25, 0.3) is 0 Å². The summed E-state index contributed by atoms with van der Waals surface area (Å²) in [7, 11) is -20.5. The third kappa shape index (κ3) is 17.0. The number of hydrogen-bond donors (Lipinski definition) is 0. The van der Waals surface area contributed by atoms with Crippen LogP contribution in [0.15, 0.2) is 85.0 Å². The molecule has 0 saturated heterocycles. The number of rotatable bonds is 22. The van der Waals surface area contributed by atoms with Crippen LogP contribution in [-0.2, 0) is 39.6 Å². The van der Waals surface area contributed by atoms with Crippen LogP contribution in [0.1, 0.15) is 13.8 Å². The van der Waals surface area contributed by atoms with Crippen molar-refractivity contribution in [2.24, 2.45) is 0 Å². The number of carbonyl (C=O) groups is 2. The SMILES string of the molecule is C=C(C)C(=O)OC[Si](C)(C)O[Si](C)(C)C[Si](C)(C)O[Si](C)(C)O[Si](O[Si](C)(C)C[Si](C)(C)O[Si](C)(C)COC(=O)C(=C)C)(c1ccccc1)c1ccccc1. The maximum absolute atomic E-state index is 12.2. The van der Waals surface area contributed by atoms with E-state index in [2.05, 4.69) is 153 Å². The van der Waals surface area contributed by atoms with E-state index in [1.54, 1.807) is 13.8 Å². The summed E-state index contributed by atoms with van der Waals surface area (Å²) >= 11 is 0. The van der Waals surface area contributed by atoms with Crippen LogP contribution < -0.4 is 10.4 Å². The van der Waals surface area contributed by atoms with Crippen LogP contribution in [0.2, 0.25) is 103 Å². The van der Waals surface area contributed by atoms with Crippen molar-refractivity contribution < 1.29 is 39.6 Å². The van der Waals surface area contributed by atoms with Gasteiger partial charge in [0.1, 0.15) is 12.5 Å². The molecule has 2 aromatic carbocycles. The van der Waals surface area contributed by atoms with Crippen LogP contribution in [0.4, 0.5) is 0 Å². The molecular formula is C38H70O9Si8. The first-order valence-corrected chi connectivity index (χ1v) is 42.4. The lowest BCUT2D eigenvalue weighted by molar-refractivity contribution is -0.138. The second-order valence-corrected chi connectivity index (χ2v) is 52.7. The van der Waals surface area contributed by atoms with Crippen LogP contribution in [0.25, 0.3) is 0 Å². The second-order valence-electron chi connectivity index (χ2n) is 18.9. The molecule has 55 heavy (non-hydrogen) atoms. The molecule has 2 aromatic rings. The van der Waals surface area contributed by atoms with E-state index in [1.807, 2.05) is 12.1 Å². The van der Waals surface area contributed by atoms with Crippen molar-refractivity contribution >= 4 is 89.3 Å². The topological polar surface area (TPSA) is 98.8 Å². The summed E-state index contributed by atoms with van der Waals surface area (Å²) in [5.74, 6) is -0.762. The van der Waals surface area contributed by atoms with Crippen LogP contribution in [-0.4, -0.2) is 91.4 Å². The average Bonchev–Trinajstić information content (AvgIpc) is 2.99. The van der Waals surface area contributed by atoms with Crippen LogP contribution in [0.3, 0.4) is 0 Å². The van der Waals surface area contributed by atoms with E-state index in [1.165, 1.54) is 0 Å². The molecule has 0 unspecified atom stereocenters. The molecule has 17 heteroatoms. The van der Waals surface area contributed by atoms with Gasteiger partial charge in [0.2, 0.25) is 16.6 Å². The molecule has 308 valence electrons. The summed E-state index contributed by atoms with van der Waals surface area (Å²) in [4.78, 5) is 24.3. The van der Waals surface area contributed by atoms with Gasteiger partial charge in [-0.25, -0.2) is 9.59 Å². The fourth-order valence-corrected chi connectivity index (χ4v) is 57.0. The van der Waals surface area contributed by atoms with Crippen molar-refractivity contribution in [2.75, 3.05) is 12.5 Å². The number of esters is 2. The molecule has 0 heterocycles. The molecule has 0 aliphatic rings. The number of carbonyl (C=O) groups excluding carboxylic acids is 2. The average molecular weight is 896 g/mol. The van der Waals surface area contributed by atoms with Crippen molar-refractivity contribution in [3.63, 3.8) is 0 Å². The molecule has 0 aromatic heterocycles. The molecule has 0 fully saturated rings. The molecule has 0 radical (unpaired) electrons. The Balaban J connectivity index is 2.48. The highest BCUT2D eigenvalue weighted by Gasteiger charge is 2.54. The molecule has 0 saturated carbocycles. The predicted molar refractivity (Wildman–Crippen MR) is 247 cm³/mol. The molecule has 9 nitrogen and oxygen atoms in total. The molecule has 0 aliphatic carbocycles. The Morgan fingerprint density at radius 2 is 0.764 bits per heavy atom. The summed E-state index contributed by atoms with van der Waals surface area (Å²) in [5, 5.41) is 2.09. The summed E-state index contributed by atoms with van der Waals surface area (Å²) in [5.41, 5.74) is 2.45. The summed E-state index contributed by atoms with van der Waals surface area (Å²) in [6, 6.07) is 20.8. The van der Waals surface area contributed by atoms with Gasteiger partial charge in [0.05, 0.1) is 0 Å². The minimum Gasteiger partial charge on any atom is -0.463 e. The zero-order valence-corrected chi connectivity index (χ0v) is 44.7. The largest absolute Gasteiger partial charge is 0.463 e. The van der Waals surface area contributed by atoms with E-state index in [0.29, 0.717) is 11.1 Å². The summed E-state index contributed by atoms with van der Waals surface area (Å²) < 4.78 is 47.6. The Morgan fingerprint density at radius 3 is 1.09 bits per heavy atom. The molecule has 0 atom stereocenters. The normalized spacial score (nSPS) is 13.7. The Labute approximate surface area is 341 Å². The lowest BCUT2D eigenvalue weighted by atomic mass is 10.4. The fraction of sp³-hybridized carbons (Fsp3) is 0.526. The molecule has 0 N–H and O–H groups in total. The van der Waals surface area contributed by atoms with Crippen molar-refractivity contribution in [2.45, 2.75) is 117 Å². The van der Waals surface area contributed by atoms with Gasteiger partial charge in [-0.1, -0.05) is 73.8 Å². The van der Waals surface area contributed by atoms with E-state index >= 15 is 0 Å². The molecule has 2 rings (SSSR count). The maximum atomic E-state index is 12.2. The highest BCUT2D eigenvalue weighted by molar-refractivity contribution is 7.05. The van der Waals surface area contributed by atoms with Gasteiger partial charge in [-0.3, -0.25) is 0 Å². The first kappa shape index (κ1) is 49.5. The third-order valence-electron chi connectivity index (χ3n) is 8.25. The van der Waals surface area contributed by atoms with E-state index < -0.39 is 67.0 Å². The monoisotopic (exact) mass is 894 g/mol. The van der Waals surface area contributed by atoms with Crippen LogP contribution >= 0.6 is 0 Å². The van der Waals surface area contributed by atoms with Gasteiger partial charge in [0, 0.05) is 11.1 Å². The van der Waals surface area contributed by atoms with Gasteiger partial charge in [0.15, 0.2) is 33.3 Å². The van der Waals surface area contributed by atoms with Crippen LogP contribution in [0.5, 0.6) is 0 Å². The van der Waals surface area contributed by atoms with Crippen molar-refractivity contribution in [3.8, 4) is 0 Å². The Bertz CT molecular complexity index is 1590. The van der Waals surface area contributed by atoms with Gasteiger partial charge in [-0.15, -0.1) is 0 Å². The molecular weight excluding hydrogens is 825 g/mol. The lowest BCUT2D eigenvalue weighted by Gasteiger charge is -2.46. The zero-order valence-electron chi connectivity index (χ0n) is 36.7. The van der Waals surface area contributed by atoms with Gasteiger partial charge in [-0.2, -0.15) is 0 Å². The molecule has 0 aliphatic heterocycles. The van der Waals surface area contributed by atoms with E-state index in [-0.39, 0.29) is 24.4 Å². The third-order valence-corrected chi connectivity index (χ3v) is 45.2. The van der Waals surface area contributed by atoms with E-state index in [0.717, 1.165) is 21.7 Å². The van der Waals surface area contributed by atoms with Gasteiger partial charge in [-0.05, 0) is 127 Å². The minimum atomic E-state index is -3.40. The summed E-state index contributed by atoms with van der Waals surface area (Å²) in [6.45, 7) is 41.5. The highest BCUT2D eigenvalue weighted by atomic mass is 28.5. The van der Waals surface area contributed by atoms with Gasteiger partial charge < -0.3 is 30.0 Å². The van der Waals surface area contributed by atoms with Gasteiger partial charge >= 0.3 is 29.1 Å². The molecule has 0 spiro atoms. The number of ether oxygens (including phenoxy) is 2. The number of hydrogen-bond acceptors (Lipinski definition) is 9. The van der Waals surface area contributed by atoms with E-state index in [4.69, 9.17) is 30.0 Å². The first-order chi connectivity index (χ1) is 24.8. The highest BCUT2D eigenvalue weighted by Crippen LogP contribution is 2.33. The Morgan fingerprint density at radius 1 is 0.455 bits per heavy atom. The smallest absolute Gasteiger partial charge is 0.388 e. The van der Waals surface area contributed by atoms with Crippen molar-refractivity contribution in [3.05, 3.63) is 85.0 Å². The lowest BCUT2D eigenvalue weighted by Crippen LogP contribution is -2.72. The minimum absolute atomic E-state index is 0.275. The quantitative estimate of drug-likeness (QED) is 0.0654. The Kier molecular flexibility index (Phi) is 17.1. The second kappa shape index (κ2) is 19.0. The van der Waals surface area contributed by atoms with E-state index in [9.17, 15) is 9.59 Å². The Hall–Kier alpha value is -1.60. The van der Waals surface area contributed by atoms with Crippen molar-refractivity contribution in [1.29, 1.82) is 0 Å². The maximum Gasteiger partial charge on any atom is 0.388 e. The molecule has 0 bridgehead atoms. The first-order valence-electron chi connectivity index (χ1n) is 19.1. The van der Waals surface area contributed by atoms with Crippen LogP contribution in [0, 0.1) is 0 Å².